The van der Waals surface area contributed by atoms with Gasteiger partial charge >= 0.3 is 0 Å². The standard InChI is InChI=1S/C25H19FN4O2/c1-17-24(16-18-2-10-22(11-3-18)32-23-12-6-20(26)7-13-23)28-25(31-17)19-4-8-21(9-5-19)30-15-14-27-29-30/h2-15H,16H2,1H3. The fraction of sp³-hybridized carbons (Fsp3) is 0.0800. The largest absolute Gasteiger partial charge is 0.457 e. The average Bonchev–Trinajstić information content (AvgIpc) is 3.47. The van der Waals surface area contributed by atoms with Gasteiger partial charge in [0.15, 0.2) is 0 Å². The van der Waals surface area contributed by atoms with Crippen LogP contribution in [0, 0.1) is 12.7 Å². The summed E-state index contributed by atoms with van der Waals surface area (Å²) in [6.45, 7) is 1.92. The monoisotopic (exact) mass is 426 g/mol. The van der Waals surface area contributed by atoms with Gasteiger partial charge in [0, 0.05) is 12.0 Å². The quantitative estimate of drug-likeness (QED) is 0.346. The van der Waals surface area contributed by atoms with E-state index in [0.29, 0.717) is 23.8 Å². The molecule has 0 amide bonds. The van der Waals surface area contributed by atoms with Crippen LogP contribution < -0.4 is 4.74 Å². The van der Waals surface area contributed by atoms with Gasteiger partial charge in [-0.15, -0.1) is 5.10 Å². The van der Waals surface area contributed by atoms with Crippen LogP contribution in [0.15, 0.2) is 89.6 Å². The molecule has 2 heterocycles. The van der Waals surface area contributed by atoms with Crippen LogP contribution in [-0.2, 0) is 6.42 Å². The van der Waals surface area contributed by atoms with Crippen LogP contribution in [0.2, 0.25) is 0 Å². The Kier molecular flexibility index (Phi) is 5.21. The first-order valence-electron chi connectivity index (χ1n) is 10.1. The predicted molar refractivity (Wildman–Crippen MR) is 117 cm³/mol. The van der Waals surface area contributed by atoms with Gasteiger partial charge < -0.3 is 9.15 Å². The fourth-order valence-electron chi connectivity index (χ4n) is 3.33. The van der Waals surface area contributed by atoms with E-state index in [2.05, 4.69) is 10.3 Å². The van der Waals surface area contributed by atoms with Crippen LogP contribution >= 0.6 is 0 Å². The Morgan fingerprint density at radius 2 is 1.59 bits per heavy atom. The summed E-state index contributed by atoms with van der Waals surface area (Å²) < 4.78 is 26.4. The van der Waals surface area contributed by atoms with Crippen molar-refractivity contribution in [2.45, 2.75) is 13.3 Å². The smallest absolute Gasteiger partial charge is 0.226 e. The van der Waals surface area contributed by atoms with Gasteiger partial charge in [-0.05, 0) is 73.2 Å². The molecule has 3 aromatic carbocycles. The second kappa shape index (κ2) is 8.47. The molecule has 7 heteroatoms. The molecule has 0 radical (unpaired) electrons. The van der Waals surface area contributed by atoms with Crippen molar-refractivity contribution < 1.29 is 13.5 Å². The van der Waals surface area contributed by atoms with Gasteiger partial charge in [-0.25, -0.2) is 14.1 Å². The summed E-state index contributed by atoms with van der Waals surface area (Å²) in [5.74, 6) is 2.35. The molecule has 0 fully saturated rings. The maximum absolute atomic E-state index is 13.0. The summed E-state index contributed by atoms with van der Waals surface area (Å²) in [5, 5.41) is 7.81. The van der Waals surface area contributed by atoms with E-state index in [1.807, 2.05) is 55.5 Å². The molecule has 6 nitrogen and oxygen atoms in total. The van der Waals surface area contributed by atoms with E-state index in [1.165, 1.54) is 12.1 Å². The predicted octanol–water partition coefficient (Wildman–Crippen LogP) is 5.75. The Hall–Kier alpha value is -4.26. The lowest BCUT2D eigenvalue weighted by molar-refractivity contribution is 0.480. The summed E-state index contributed by atoms with van der Waals surface area (Å²) in [4.78, 5) is 4.70. The number of nitrogens with zero attached hydrogens (tertiary/aromatic N) is 4. The van der Waals surface area contributed by atoms with Crippen LogP contribution in [0.3, 0.4) is 0 Å². The second-order valence-corrected chi connectivity index (χ2v) is 7.29. The number of oxazole rings is 1. The lowest BCUT2D eigenvalue weighted by atomic mass is 10.1. The van der Waals surface area contributed by atoms with Gasteiger partial charge in [0.25, 0.3) is 0 Å². The van der Waals surface area contributed by atoms with Crippen molar-refractivity contribution >= 4 is 0 Å². The van der Waals surface area contributed by atoms with Crippen molar-refractivity contribution in [2.75, 3.05) is 0 Å². The minimum atomic E-state index is -0.291. The van der Waals surface area contributed by atoms with E-state index in [1.54, 1.807) is 29.2 Å². The number of rotatable bonds is 6. The minimum absolute atomic E-state index is 0.291. The molecule has 2 aromatic heterocycles. The van der Waals surface area contributed by atoms with Gasteiger partial charge in [0.05, 0.1) is 23.8 Å². The molecule has 0 unspecified atom stereocenters. The minimum Gasteiger partial charge on any atom is -0.457 e. The van der Waals surface area contributed by atoms with Crippen LogP contribution in [0.4, 0.5) is 4.39 Å². The zero-order chi connectivity index (χ0) is 21.9. The Bertz CT molecular complexity index is 1310. The molecule has 0 N–H and O–H groups in total. The topological polar surface area (TPSA) is 66.0 Å². The first-order chi connectivity index (χ1) is 15.6. The first-order valence-corrected chi connectivity index (χ1v) is 10.1. The number of aryl methyl sites for hydroxylation is 1. The lowest BCUT2D eigenvalue weighted by Gasteiger charge is -2.06. The highest BCUT2D eigenvalue weighted by molar-refractivity contribution is 5.56. The number of hydrogen-bond acceptors (Lipinski definition) is 5. The summed E-state index contributed by atoms with van der Waals surface area (Å²) in [5.41, 5.74) is 3.78. The van der Waals surface area contributed by atoms with Crippen LogP contribution in [0.25, 0.3) is 17.1 Å². The van der Waals surface area contributed by atoms with E-state index in [0.717, 1.165) is 28.3 Å². The number of aromatic nitrogens is 4. The van der Waals surface area contributed by atoms with Gasteiger partial charge in [-0.1, -0.05) is 17.3 Å². The zero-order valence-corrected chi connectivity index (χ0v) is 17.3. The molecule has 0 saturated carbocycles. The molecule has 5 rings (SSSR count). The van der Waals surface area contributed by atoms with Crippen LogP contribution in [0.1, 0.15) is 17.0 Å². The zero-order valence-electron chi connectivity index (χ0n) is 17.3. The van der Waals surface area contributed by atoms with Crippen molar-refractivity contribution in [2.24, 2.45) is 0 Å². The summed E-state index contributed by atoms with van der Waals surface area (Å²) in [7, 11) is 0. The van der Waals surface area contributed by atoms with E-state index in [9.17, 15) is 4.39 Å². The van der Waals surface area contributed by atoms with E-state index in [4.69, 9.17) is 14.1 Å². The van der Waals surface area contributed by atoms with Gasteiger partial charge in [0.1, 0.15) is 23.1 Å². The van der Waals surface area contributed by atoms with E-state index in [-0.39, 0.29) is 5.82 Å². The average molecular weight is 426 g/mol. The highest BCUT2D eigenvalue weighted by Gasteiger charge is 2.12. The highest BCUT2D eigenvalue weighted by atomic mass is 19.1. The molecule has 32 heavy (non-hydrogen) atoms. The number of benzene rings is 3. The summed E-state index contributed by atoms with van der Waals surface area (Å²) in [6, 6.07) is 21.5. The second-order valence-electron chi connectivity index (χ2n) is 7.29. The molecule has 5 aromatic rings. The van der Waals surface area contributed by atoms with E-state index < -0.39 is 0 Å². The Morgan fingerprint density at radius 3 is 2.25 bits per heavy atom. The van der Waals surface area contributed by atoms with Gasteiger partial charge in [-0.2, -0.15) is 0 Å². The van der Waals surface area contributed by atoms with Crippen molar-refractivity contribution in [3.05, 3.63) is 108 Å². The van der Waals surface area contributed by atoms with Crippen LogP contribution in [-0.4, -0.2) is 20.0 Å². The molecular formula is C25H19FN4O2. The molecule has 0 aliphatic heterocycles. The number of halogens is 1. The summed E-state index contributed by atoms with van der Waals surface area (Å²) in [6.07, 6.45) is 4.07. The Balaban J connectivity index is 1.28. The maximum atomic E-state index is 13.0. The normalized spacial score (nSPS) is 10.9. The number of hydrogen-bond donors (Lipinski definition) is 0. The molecule has 0 spiro atoms. The van der Waals surface area contributed by atoms with Crippen molar-refractivity contribution in [1.29, 1.82) is 0 Å². The Morgan fingerprint density at radius 1 is 0.906 bits per heavy atom. The maximum Gasteiger partial charge on any atom is 0.226 e. The molecule has 0 saturated heterocycles. The molecule has 0 aliphatic rings. The van der Waals surface area contributed by atoms with Gasteiger partial charge in [0.2, 0.25) is 5.89 Å². The molecular weight excluding hydrogens is 407 g/mol. The highest BCUT2D eigenvalue weighted by Crippen LogP contribution is 2.26. The van der Waals surface area contributed by atoms with Gasteiger partial charge in [-0.3, -0.25) is 0 Å². The first kappa shape index (κ1) is 19.7. The van der Waals surface area contributed by atoms with Crippen LogP contribution in [0.5, 0.6) is 11.5 Å². The molecule has 0 bridgehead atoms. The number of ether oxygens (including phenoxy) is 1. The SMILES string of the molecule is Cc1oc(-c2ccc(-n3ccnn3)cc2)nc1Cc1ccc(Oc2ccc(F)cc2)cc1. The Labute approximate surface area is 183 Å². The van der Waals surface area contributed by atoms with Crippen molar-refractivity contribution in [3.63, 3.8) is 0 Å². The third-order valence-electron chi connectivity index (χ3n) is 5.04. The lowest BCUT2D eigenvalue weighted by Crippen LogP contribution is -1.94. The molecule has 0 aliphatic carbocycles. The van der Waals surface area contributed by atoms with Crippen molar-refractivity contribution in [3.8, 4) is 28.6 Å². The van der Waals surface area contributed by atoms with E-state index >= 15 is 0 Å². The third-order valence-corrected chi connectivity index (χ3v) is 5.04. The molecule has 0 atom stereocenters. The van der Waals surface area contributed by atoms with Crippen molar-refractivity contribution in [1.82, 2.24) is 20.0 Å². The fourth-order valence-corrected chi connectivity index (χ4v) is 3.33. The third kappa shape index (κ3) is 4.27. The summed E-state index contributed by atoms with van der Waals surface area (Å²) >= 11 is 0. The molecule has 158 valence electrons.